The van der Waals surface area contributed by atoms with Gasteiger partial charge in [0, 0.05) is 23.5 Å². The summed E-state index contributed by atoms with van der Waals surface area (Å²) in [6, 6.07) is 0.468. The number of hydrogen-bond acceptors (Lipinski definition) is 3. The van der Waals surface area contributed by atoms with Gasteiger partial charge in [-0.3, -0.25) is 0 Å². The molecule has 0 amide bonds. The first-order valence-electron chi connectivity index (χ1n) is 5.97. The van der Waals surface area contributed by atoms with Crippen LogP contribution in [0.4, 0.5) is 0 Å². The van der Waals surface area contributed by atoms with Crippen LogP contribution in [0.1, 0.15) is 49.0 Å². The second-order valence-electron chi connectivity index (χ2n) is 4.48. The second kappa shape index (κ2) is 5.08. The zero-order valence-corrected chi connectivity index (χ0v) is 10.4. The predicted molar refractivity (Wildman–Crippen MR) is 65.3 cm³/mol. The molecule has 2 nitrogen and oxygen atoms in total. The number of aromatic nitrogens is 1. The van der Waals surface area contributed by atoms with Crippen molar-refractivity contribution < 1.29 is 0 Å². The average molecular weight is 224 g/mol. The van der Waals surface area contributed by atoms with E-state index in [0.717, 1.165) is 12.5 Å². The summed E-state index contributed by atoms with van der Waals surface area (Å²) in [5, 5.41) is 4.83. The predicted octanol–water partition coefficient (Wildman–Crippen LogP) is 3.16. The van der Waals surface area contributed by atoms with E-state index in [9.17, 15) is 0 Å². The Kier molecular flexibility index (Phi) is 3.76. The molecule has 1 aromatic rings. The van der Waals surface area contributed by atoms with Crippen LogP contribution in [0.2, 0.25) is 0 Å². The third kappa shape index (κ3) is 3.28. The molecule has 0 spiro atoms. The summed E-state index contributed by atoms with van der Waals surface area (Å²) in [5.74, 6) is 0.947. The molecule has 0 bridgehead atoms. The van der Waals surface area contributed by atoms with Crippen molar-refractivity contribution in [1.82, 2.24) is 10.3 Å². The molecule has 84 valence electrons. The fourth-order valence-electron chi connectivity index (χ4n) is 1.65. The molecule has 1 atom stereocenters. The molecule has 0 aliphatic heterocycles. The lowest BCUT2D eigenvalue weighted by atomic mass is 10.3. The van der Waals surface area contributed by atoms with E-state index in [0.29, 0.717) is 6.04 Å². The van der Waals surface area contributed by atoms with Gasteiger partial charge in [-0.2, -0.15) is 0 Å². The molecule has 3 heteroatoms. The highest BCUT2D eigenvalue weighted by Crippen LogP contribution is 2.34. The van der Waals surface area contributed by atoms with Gasteiger partial charge in [0.05, 0.1) is 5.01 Å². The fourth-order valence-corrected chi connectivity index (χ4v) is 2.71. The maximum absolute atomic E-state index is 4.50. The maximum atomic E-state index is 4.50. The molecule has 1 aliphatic rings. The third-order valence-electron chi connectivity index (χ3n) is 2.86. The van der Waals surface area contributed by atoms with E-state index in [2.05, 4.69) is 30.3 Å². The summed E-state index contributed by atoms with van der Waals surface area (Å²) in [6.45, 7) is 5.52. The monoisotopic (exact) mass is 224 g/mol. The van der Waals surface area contributed by atoms with Gasteiger partial charge in [0.25, 0.3) is 0 Å². The van der Waals surface area contributed by atoms with Gasteiger partial charge in [-0.25, -0.2) is 4.98 Å². The minimum Gasteiger partial charge on any atom is -0.309 e. The first-order valence-corrected chi connectivity index (χ1v) is 6.79. The van der Waals surface area contributed by atoms with Gasteiger partial charge in [0.1, 0.15) is 0 Å². The van der Waals surface area contributed by atoms with Gasteiger partial charge in [-0.1, -0.05) is 6.92 Å². The molecule has 1 saturated carbocycles. The van der Waals surface area contributed by atoms with Crippen molar-refractivity contribution in [2.24, 2.45) is 5.92 Å². The van der Waals surface area contributed by atoms with E-state index >= 15 is 0 Å². The molecule has 1 aromatic heterocycles. The summed E-state index contributed by atoms with van der Waals surface area (Å²) < 4.78 is 0. The van der Waals surface area contributed by atoms with Crippen molar-refractivity contribution >= 4 is 11.3 Å². The topological polar surface area (TPSA) is 24.9 Å². The normalized spacial score (nSPS) is 18.0. The van der Waals surface area contributed by atoms with E-state index in [1.54, 1.807) is 0 Å². The van der Waals surface area contributed by atoms with Crippen LogP contribution < -0.4 is 5.32 Å². The number of hydrogen-bond donors (Lipinski definition) is 1. The number of rotatable bonds is 6. The molecule has 2 rings (SSSR count). The van der Waals surface area contributed by atoms with E-state index < -0.39 is 0 Å². The molecule has 0 radical (unpaired) electrons. The van der Waals surface area contributed by atoms with Gasteiger partial charge in [-0.05, 0) is 38.6 Å². The molecule has 15 heavy (non-hydrogen) atoms. The lowest BCUT2D eigenvalue weighted by molar-refractivity contribution is 0.577. The van der Waals surface area contributed by atoms with Crippen LogP contribution in [0.25, 0.3) is 0 Å². The Hall–Kier alpha value is -0.410. The van der Waals surface area contributed by atoms with Crippen LogP contribution in [-0.2, 0) is 6.42 Å². The van der Waals surface area contributed by atoms with Crippen LogP contribution in [0, 0.1) is 5.92 Å². The van der Waals surface area contributed by atoms with Crippen LogP contribution in [0.5, 0.6) is 0 Å². The lowest BCUT2D eigenvalue weighted by Crippen LogP contribution is -2.18. The SMILES string of the molecule is CCCNC(C)c1cnc(CC2CC2)s1. The van der Waals surface area contributed by atoms with E-state index in [1.807, 2.05) is 11.3 Å². The summed E-state index contributed by atoms with van der Waals surface area (Å²) in [4.78, 5) is 5.89. The molecular formula is C12H20N2S. The Morgan fingerprint density at radius 3 is 3.07 bits per heavy atom. The zero-order chi connectivity index (χ0) is 10.7. The highest BCUT2D eigenvalue weighted by molar-refractivity contribution is 7.11. The van der Waals surface area contributed by atoms with Gasteiger partial charge < -0.3 is 5.32 Å². The van der Waals surface area contributed by atoms with Crippen molar-refractivity contribution in [3.63, 3.8) is 0 Å². The largest absolute Gasteiger partial charge is 0.309 e. The summed E-state index contributed by atoms with van der Waals surface area (Å²) >= 11 is 1.89. The van der Waals surface area contributed by atoms with Gasteiger partial charge in [-0.15, -0.1) is 11.3 Å². The van der Waals surface area contributed by atoms with Crippen molar-refractivity contribution in [3.05, 3.63) is 16.1 Å². The number of thiazole rings is 1. The summed E-state index contributed by atoms with van der Waals surface area (Å²) in [5.41, 5.74) is 0. The smallest absolute Gasteiger partial charge is 0.0931 e. The van der Waals surface area contributed by atoms with Gasteiger partial charge in [0.2, 0.25) is 0 Å². The Morgan fingerprint density at radius 1 is 1.60 bits per heavy atom. The highest BCUT2D eigenvalue weighted by atomic mass is 32.1. The molecule has 0 aromatic carbocycles. The molecular weight excluding hydrogens is 204 g/mol. The van der Waals surface area contributed by atoms with Gasteiger partial charge >= 0.3 is 0 Å². The first-order chi connectivity index (χ1) is 7.29. The highest BCUT2D eigenvalue weighted by Gasteiger charge is 2.23. The zero-order valence-electron chi connectivity index (χ0n) is 9.62. The summed E-state index contributed by atoms with van der Waals surface area (Å²) in [6.07, 6.45) is 7.29. The Morgan fingerprint density at radius 2 is 2.40 bits per heavy atom. The molecule has 0 saturated heterocycles. The number of nitrogens with zero attached hydrogens (tertiary/aromatic N) is 1. The quantitative estimate of drug-likeness (QED) is 0.803. The Balaban J connectivity index is 1.86. The van der Waals surface area contributed by atoms with Crippen molar-refractivity contribution in [1.29, 1.82) is 0 Å². The van der Waals surface area contributed by atoms with Crippen LogP contribution in [0.15, 0.2) is 6.20 Å². The van der Waals surface area contributed by atoms with Crippen LogP contribution >= 0.6 is 11.3 Å². The van der Waals surface area contributed by atoms with Crippen molar-refractivity contribution in [3.8, 4) is 0 Å². The minimum absolute atomic E-state index is 0.468. The molecule has 1 unspecified atom stereocenters. The van der Waals surface area contributed by atoms with Crippen molar-refractivity contribution in [2.45, 2.75) is 45.6 Å². The minimum atomic E-state index is 0.468. The maximum Gasteiger partial charge on any atom is 0.0931 e. The van der Waals surface area contributed by atoms with E-state index in [1.165, 1.54) is 35.6 Å². The summed E-state index contributed by atoms with van der Waals surface area (Å²) in [7, 11) is 0. The molecule has 1 heterocycles. The lowest BCUT2D eigenvalue weighted by Gasteiger charge is -2.09. The Bertz CT molecular complexity index is 304. The van der Waals surface area contributed by atoms with Crippen LogP contribution in [0.3, 0.4) is 0 Å². The van der Waals surface area contributed by atoms with Crippen molar-refractivity contribution in [2.75, 3.05) is 6.54 Å². The van der Waals surface area contributed by atoms with Crippen LogP contribution in [-0.4, -0.2) is 11.5 Å². The first kappa shape index (κ1) is 11.1. The standard InChI is InChI=1S/C12H20N2S/c1-3-6-13-9(2)11-8-14-12(15-11)7-10-4-5-10/h8-10,13H,3-7H2,1-2H3. The number of nitrogens with one attached hydrogen (secondary N) is 1. The third-order valence-corrected chi connectivity index (χ3v) is 4.06. The average Bonchev–Trinajstić information content (AvgIpc) is 2.91. The molecule has 1 fully saturated rings. The van der Waals surface area contributed by atoms with Gasteiger partial charge in [0.15, 0.2) is 0 Å². The van der Waals surface area contributed by atoms with E-state index in [-0.39, 0.29) is 0 Å². The second-order valence-corrected chi connectivity index (χ2v) is 5.63. The Labute approximate surface area is 96.1 Å². The molecule has 1 N–H and O–H groups in total. The van der Waals surface area contributed by atoms with E-state index in [4.69, 9.17) is 0 Å². The molecule has 1 aliphatic carbocycles. The fraction of sp³-hybridized carbons (Fsp3) is 0.750.